The third kappa shape index (κ3) is 4.03. The summed E-state index contributed by atoms with van der Waals surface area (Å²) in [5.74, 6) is -1.33. The number of hydrogen-bond acceptors (Lipinski definition) is 5. The van der Waals surface area contributed by atoms with E-state index in [0.29, 0.717) is 23.4 Å². The van der Waals surface area contributed by atoms with Crippen molar-refractivity contribution >= 4 is 17.8 Å². The highest BCUT2D eigenvalue weighted by molar-refractivity contribution is 5.99. The number of nitrogens with zero attached hydrogens (tertiary/aromatic N) is 1. The number of methoxy groups -OCH3 is 1. The Morgan fingerprint density at radius 1 is 1.20 bits per heavy atom. The van der Waals surface area contributed by atoms with E-state index < -0.39 is 11.9 Å². The van der Waals surface area contributed by atoms with Crippen LogP contribution in [0, 0.1) is 13.8 Å². The Morgan fingerprint density at radius 2 is 1.92 bits per heavy atom. The van der Waals surface area contributed by atoms with E-state index in [1.54, 1.807) is 13.8 Å². The molecule has 25 heavy (non-hydrogen) atoms. The first kappa shape index (κ1) is 19.0. The van der Waals surface area contributed by atoms with E-state index in [9.17, 15) is 14.4 Å². The summed E-state index contributed by atoms with van der Waals surface area (Å²) >= 11 is 0. The molecule has 0 aromatic carbocycles. The lowest BCUT2D eigenvalue weighted by molar-refractivity contribution is -0.138. The summed E-state index contributed by atoms with van der Waals surface area (Å²) in [6.07, 6.45) is 4.00. The van der Waals surface area contributed by atoms with E-state index in [2.05, 4.69) is 11.9 Å². The monoisotopic (exact) mass is 350 g/mol. The maximum absolute atomic E-state index is 12.4. The molecule has 2 rings (SSSR count). The maximum atomic E-state index is 12.4. The van der Waals surface area contributed by atoms with Crippen molar-refractivity contribution in [2.45, 2.75) is 52.5 Å². The lowest BCUT2D eigenvalue weighted by Crippen LogP contribution is -2.45. The van der Waals surface area contributed by atoms with Gasteiger partial charge in [0.2, 0.25) is 0 Å². The summed E-state index contributed by atoms with van der Waals surface area (Å²) in [6, 6.07) is 0.223. The molecule has 1 aromatic heterocycles. The molecule has 2 heterocycles. The van der Waals surface area contributed by atoms with Crippen LogP contribution in [0.4, 0.5) is 0 Å². The number of H-pyrrole nitrogens is 1. The second kappa shape index (κ2) is 8.18. The number of esters is 2. The van der Waals surface area contributed by atoms with Gasteiger partial charge in [0.25, 0.3) is 5.91 Å². The molecule has 7 nitrogen and oxygen atoms in total. The molecule has 1 atom stereocenters. The van der Waals surface area contributed by atoms with Crippen molar-refractivity contribution < 1.29 is 23.9 Å². The number of aromatic amines is 1. The maximum Gasteiger partial charge on any atom is 0.355 e. The van der Waals surface area contributed by atoms with Crippen molar-refractivity contribution in [2.75, 3.05) is 20.3 Å². The van der Waals surface area contributed by atoms with Crippen molar-refractivity contribution in [1.29, 1.82) is 0 Å². The smallest absolute Gasteiger partial charge is 0.355 e. The molecule has 1 aliphatic rings. The number of rotatable bonds is 5. The number of carbonyl (C=O) groups is 3. The van der Waals surface area contributed by atoms with Crippen molar-refractivity contribution in [1.82, 2.24) is 9.88 Å². The number of piperidine rings is 1. The van der Waals surface area contributed by atoms with Gasteiger partial charge in [-0.2, -0.15) is 0 Å². The quantitative estimate of drug-likeness (QED) is 0.824. The lowest BCUT2D eigenvalue weighted by Gasteiger charge is -2.35. The van der Waals surface area contributed by atoms with Crippen LogP contribution in [-0.2, 0) is 14.3 Å². The van der Waals surface area contributed by atoms with Crippen molar-refractivity contribution in [3.63, 3.8) is 0 Å². The second-order valence-corrected chi connectivity index (χ2v) is 6.34. The second-order valence-electron chi connectivity index (χ2n) is 6.34. The third-order valence-electron chi connectivity index (χ3n) is 4.78. The molecule has 0 aliphatic carbocycles. The number of aromatic nitrogens is 1. The van der Waals surface area contributed by atoms with Crippen molar-refractivity contribution in [3.05, 3.63) is 22.5 Å². The highest BCUT2D eigenvalue weighted by Gasteiger charge is 2.27. The zero-order valence-corrected chi connectivity index (χ0v) is 15.3. The Balaban J connectivity index is 2.03. The summed E-state index contributed by atoms with van der Waals surface area (Å²) < 4.78 is 9.91. The normalized spacial score (nSPS) is 17.3. The molecule has 1 aromatic rings. The lowest BCUT2D eigenvalue weighted by atomic mass is 10.00. The number of likely N-dealkylation sites (tertiary alicyclic amines) is 1. The number of ether oxygens (including phenoxy) is 2. The Morgan fingerprint density at radius 3 is 2.56 bits per heavy atom. The molecule has 7 heteroatoms. The van der Waals surface area contributed by atoms with Crippen molar-refractivity contribution in [2.24, 2.45) is 0 Å². The van der Waals surface area contributed by atoms with Gasteiger partial charge in [-0.25, -0.2) is 9.59 Å². The number of aryl methyl sites for hydroxylation is 1. The molecule has 1 amide bonds. The van der Waals surface area contributed by atoms with E-state index in [4.69, 9.17) is 9.47 Å². The number of carbonyl (C=O) groups excluding carboxylic acids is 3. The van der Waals surface area contributed by atoms with E-state index >= 15 is 0 Å². The topological polar surface area (TPSA) is 88.7 Å². The minimum Gasteiger partial charge on any atom is -0.465 e. The predicted octanol–water partition coefficient (Wildman–Crippen LogP) is 2.37. The molecular weight excluding hydrogens is 324 g/mol. The summed E-state index contributed by atoms with van der Waals surface area (Å²) in [4.78, 5) is 41.1. The zero-order chi connectivity index (χ0) is 18.6. The fourth-order valence-electron chi connectivity index (χ4n) is 3.40. The molecule has 0 saturated carbocycles. The zero-order valence-electron chi connectivity index (χ0n) is 15.3. The van der Waals surface area contributed by atoms with Gasteiger partial charge in [0, 0.05) is 18.3 Å². The summed E-state index contributed by atoms with van der Waals surface area (Å²) in [6.45, 7) is 5.80. The fraction of sp³-hybridized carbons (Fsp3) is 0.611. The van der Waals surface area contributed by atoms with Crippen LogP contribution in [0.15, 0.2) is 0 Å². The first-order chi connectivity index (χ1) is 11.9. The highest BCUT2D eigenvalue weighted by Crippen LogP contribution is 2.21. The minimum absolute atomic E-state index is 0.172. The minimum atomic E-state index is -0.644. The van der Waals surface area contributed by atoms with Gasteiger partial charge >= 0.3 is 11.9 Å². The van der Waals surface area contributed by atoms with Gasteiger partial charge in [0.15, 0.2) is 6.61 Å². The molecular formula is C18H26N2O5. The summed E-state index contributed by atoms with van der Waals surface area (Å²) in [5.41, 5.74) is 1.50. The summed E-state index contributed by atoms with van der Waals surface area (Å²) in [5, 5.41) is 0. The number of amides is 1. The van der Waals surface area contributed by atoms with E-state index in [1.807, 2.05) is 4.90 Å². The van der Waals surface area contributed by atoms with Gasteiger partial charge in [-0.15, -0.1) is 0 Å². The Hall–Kier alpha value is -2.31. The van der Waals surface area contributed by atoms with Crippen LogP contribution in [0.5, 0.6) is 0 Å². The van der Waals surface area contributed by atoms with E-state index in [-0.39, 0.29) is 24.2 Å². The molecule has 138 valence electrons. The van der Waals surface area contributed by atoms with Gasteiger partial charge < -0.3 is 19.4 Å². The molecule has 0 spiro atoms. The van der Waals surface area contributed by atoms with E-state index in [1.165, 1.54) is 7.11 Å². The van der Waals surface area contributed by atoms with Gasteiger partial charge in [0.05, 0.1) is 12.7 Å². The van der Waals surface area contributed by atoms with Crippen LogP contribution >= 0.6 is 0 Å². The van der Waals surface area contributed by atoms with E-state index in [0.717, 1.165) is 25.7 Å². The number of nitrogens with one attached hydrogen (secondary N) is 1. The predicted molar refractivity (Wildman–Crippen MR) is 91.5 cm³/mol. The van der Waals surface area contributed by atoms with Crippen LogP contribution < -0.4 is 0 Å². The standard InChI is InChI=1S/C18H26N2O5/c1-5-13-8-6-7-9-20(13)14(21)10-25-18(23)16-11(2)15(12(3)19-16)17(22)24-4/h13,19H,5-10H2,1-4H3/t13-/m1/s1. The first-order valence-corrected chi connectivity index (χ1v) is 8.64. The molecule has 1 fully saturated rings. The van der Waals surface area contributed by atoms with Gasteiger partial charge in [-0.1, -0.05) is 6.92 Å². The summed E-state index contributed by atoms with van der Waals surface area (Å²) in [7, 11) is 1.29. The molecule has 1 saturated heterocycles. The Bertz CT molecular complexity index is 665. The average Bonchev–Trinajstić information content (AvgIpc) is 2.93. The largest absolute Gasteiger partial charge is 0.465 e. The SMILES string of the molecule is CC[C@@H]1CCCCN1C(=O)COC(=O)c1[nH]c(C)c(C(=O)OC)c1C. The number of hydrogen-bond donors (Lipinski definition) is 1. The van der Waals surface area contributed by atoms with Crippen LogP contribution in [0.2, 0.25) is 0 Å². The van der Waals surface area contributed by atoms with Crippen LogP contribution in [0.25, 0.3) is 0 Å². The third-order valence-corrected chi connectivity index (χ3v) is 4.78. The molecule has 0 bridgehead atoms. The van der Waals surface area contributed by atoms with Gasteiger partial charge in [-0.05, 0) is 45.1 Å². The van der Waals surface area contributed by atoms with Crippen LogP contribution in [0.1, 0.15) is 64.7 Å². The highest BCUT2D eigenvalue weighted by atomic mass is 16.5. The van der Waals surface area contributed by atoms with Gasteiger partial charge in [0.1, 0.15) is 5.69 Å². The Kier molecular flexibility index (Phi) is 6.22. The van der Waals surface area contributed by atoms with Crippen molar-refractivity contribution in [3.8, 4) is 0 Å². The molecule has 1 N–H and O–H groups in total. The Labute approximate surface area is 147 Å². The molecule has 1 aliphatic heterocycles. The fourth-order valence-corrected chi connectivity index (χ4v) is 3.40. The average molecular weight is 350 g/mol. The van der Waals surface area contributed by atoms with Crippen LogP contribution in [0.3, 0.4) is 0 Å². The first-order valence-electron chi connectivity index (χ1n) is 8.64. The molecule has 0 radical (unpaired) electrons. The molecule has 0 unspecified atom stereocenters. The van der Waals surface area contributed by atoms with Gasteiger partial charge in [-0.3, -0.25) is 4.79 Å². The van der Waals surface area contributed by atoms with Crippen LogP contribution in [-0.4, -0.2) is 54.0 Å².